The van der Waals surface area contributed by atoms with Crippen LogP contribution in [0.25, 0.3) is 0 Å². The SMILES string of the molecule is CN1Cc2ccccc2CCc2ccccc21.O=CCCC(=O)NCCCCCSCCCOCCN(CCOCCOCCN(CCO)Cc1cccc(C(=O)O)n1)Cc1cccc(C(=O)O)n1. The van der Waals surface area contributed by atoms with Crippen molar-refractivity contribution in [3.8, 4) is 0 Å². The lowest BCUT2D eigenvalue weighted by atomic mass is 9.96. The van der Waals surface area contributed by atoms with E-state index in [0.29, 0.717) is 96.8 Å². The molecule has 17 heteroatoms. The monoisotopic (exact) mass is 973 g/mol. The zero-order valence-electron chi connectivity index (χ0n) is 40.2. The van der Waals surface area contributed by atoms with Gasteiger partial charge < -0.3 is 44.5 Å². The van der Waals surface area contributed by atoms with E-state index in [1.54, 1.807) is 24.3 Å². The Balaban J connectivity index is 0.000000502. The van der Waals surface area contributed by atoms with Crippen molar-refractivity contribution in [1.82, 2.24) is 25.1 Å². The molecule has 1 aliphatic heterocycles. The van der Waals surface area contributed by atoms with E-state index in [1.165, 1.54) is 34.5 Å². The van der Waals surface area contributed by atoms with Gasteiger partial charge in [-0.05, 0) is 90.6 Å². The molecule has 0 spiro atoms. The predicted molar refractivity (Wildman–Crippen MR) is 269 cm³/mol. The third-order valence-corrected chi connectivity index (χ3v) is 12.4. The average Bonchev–Trinajstić information content (AvgIpc) is 3.35. The molecule has 3 heterocycles. The van der Waals surface area contributed by atoms with E-state index in [4.69, 9.17) is 14.2 Å². The van der Waals surface area contributed by atoms with Gasteiger partial charge in [-0.15, -0.1) is 0 Å². The number of para-hydroxylation sites is 1. The number of aliphatic hydroxyl groups excluding tert-OH is 1. The molecule has 0 saturated carbocycles. The molecule has 16 nitrogen and oxygen atoms in total. The molecule has 69 heavy (non-hydrogen) atoms. The summed E-state index contributed by atoms with van der Waals surface area (Å²) in [6.45, 7) is 7.38. The zero-order valence-corrected chi connectivity index (χ0v) is 41.0. The van der Waals surface area contributed by atoms with Crippen molar-refractivity contribution in [3.63, 3.8) is 0 Å². The smallest absolute Gasteiger partial charge is 0.354 e. The van der Waals surface area contributed by atoms with Crippen LogP contribution in [0.3, 0.4) is 0 Å². The van der Waals surface area contributed by atoms with E-state index in [0.717, 1.165) is 62.9 Å². The highest BCUT2D eigenvalue weighted by Gasteiger charge is 2.15. The second-order valence-electron chi connectivity index (χ2n) is 16.6. The molecule has 0 radical (unpaired) electrons. The normalized spacial score (nSPS) is 12.1. The number of ether oxygens (including phenoxy) is 3. The first kappa shape index (κ1) is 56.3. The lowest BCUT2D eigenvalue weighted by Crippen LogP contribution is -2.32. The van der Waals surface area contributed by atoms with Crippen molar-refractivity contribution in [1.29, 1.82) is 0 Å². The summed E-state index contributed by atoms with van der Waals surface area (Å²) in [6.07, 6.45) is 7.58. The summed E-state index contributed by atoms with van der Waals surface area (Å²) in [5, 5.41) is 30.8. The van der Waals surface area contributed by atoms with E-state index in [-0.39, 0.29) is 36.7 Å². The Bertz CT molecular complexity index is 2110. The van der Waals surface area contributed by atoms with Crippen LogP contribution >= 0.6 is 11.8 Å². The Morgan fingerprint density at radius 1 is 0.667 bits per heavy atom. The standard InChI is InChI=1S/C36H55N5O10S.C16H17N/c42-18-6-12-34(44)37-13-2-1-3-26-52-27-7-20-49-21-16-41(29-31-9-5-11-33(39-31)36(47)48)17-23-51-25-24-50-22-15-40(14-19-43)28-30-8-4-10-32(38-30)35(45)46;1-17-12-15-8-3-2-6-13(15)10-11-14-7-4-5-9-16(14)17/h4-5,8-11,18,43H,1-3,6-7,12-17,19-29H2,(H,37,44)(H,45,46)(H,47,48);2-9H,10-12H2,1H3. The molecule has 5 rings (SSSR count). The number of aliphatic hydroxyl groups is 1. The Morgan fingerprint density at radius 2 is 1.22 bits per heavy atom. The third kappa shape index (κ3) is 23.3. The minimum Gasteiger partial charge on any atom is -0.477 e. The van der Waals surface area contributed by atoms with Gasteiger partial charge in [-0.2, -0.15) is 11.8 Å². The number of aldehydes is 1. The molecule has 0 aliphatic carbocycles. The molecule has 2 aromatic heterocycles. The summed E-state index contributed by atoms with van der Waals surface area (Å²) < 4.78 is 17.4. The number of carbonyl (C=O) groups excluding carboxylic acids is 2. The molecular formula is C52H72N6O10S. The molecule has 0 unspecified atom stereocenters. The number of aromatic carboxylic acids is 2. The van der Waals surface area contributed by atoms with Gasteiger partial charge in [-0.25, -0.2) is 19.6 Å². The number of nitrogens with one attached hydrogen (secondary N) is 1. The molecule has 0 atom stereocenters. The lowest BCUT2D eigenvalue weighted by molar-refractivity contribution is -0.122. The molecule has 376 valence electrons. The fourth-order valence-electron chi connectivity index (χ4n) is 7.56. The first-order chi connectivity index (χ1) is 33.7. The Labute approximate surface area is 411 Å². The van der Waals surface area contributed by atoms with Gasteiger partial charge in [0.2, 0.25) is 5.91 Å². The topological polar surface area (TPSA) is 204 Å². The minimum absolute atomic E-state index is 0.0000453. The number of benzene rings is 2. The fourth-order valence-corrected chi connectivity index (χ4v) is 8.49. The molecule has 2 aromatic carbocycles. The molecule has 0 bridgehead atoms. The number of carboxylic acids is 2. The number of thioether (sulfide) groups is 1. The van der Waals surface area contributed by atoms with Crippen molar-refractivity contribution in [2.45, 2.75) is 71.0 Å². The second-order valence-corrected chi connectivity index (χ2v) is 17.8. The van der Waals surface area contributed by atoms with Crippen LogP contribution in [0.4, 0.5) is 5.69 Å². The number of hydrogen-bond donors (Lipinski definition) is 4. The largest absolute Gasteiger partial charge is 0.477 e. The van der Waals surface area contributed by atoms with Crippen molar-refractivity contribution < 1.29 is 48.7 Å². The number of carboxylic acid groups (broad SMARTS) is 2. The van der Waals surface area contributed by atoms with Gasteiger partial charge in [0.25, 0.3) is 0 Å². The number of unbranched alkanes of at least 4 members (excludes halogenated alkanes) is 2. The van der Waals surface area contributed by atoms with Crippen molar-refractivity contribution in [2.24, 2.45) is 0 Å². The highest BCUT2D eigenvalue weighted by Crippen LogP contribution is 2.27. The maximum absolute atomic E-state index is 11.5. The minimum atomic E-state index is -1.09. The Kier molecular flexibility index (Phi) is 27.8. The van der Waals surface area contributed by atoms with Crippen LogP contribution in [0.5, 0.6) is 0 Å². The number of pyridine rings is 2. The fraction of sp³-hybridized carbons (Fsp3) is 0.500. The van der Waals surface area contributed by atoms with Crippen molar-refractivity contribution >= 4 is 41.6 Å². The number of aryl methyl sites for hydroxylation is 2. The number of anilines is 1. The summed E-state index contributed by atoms with van der Waals surface area (Å²) in [5.74, 6) is -0.163. The van der Waals surface area contributed by atoms with Gasteiger partial charge in [0, 0.05) is 84.5 Å². The van der Waals surface area contributed by atoms with E-state index in [9.17, 15) is 34.5 Å². The van der Waals surface area contributed by atoms with Crippen LogP contribution in [0.1, 0.15) is 87.6 Å². The summed E-state index contributed by atoms with van der Waals surface area (Å²) in [5.41, 5.74) is 7.02. The van der Waals surface area contributed by atoms with E-state index in [2.05, 4.69) is 80.7 Å². The molecule has 1 amide bonds. The molecule has 1 aliphatic rings. The average molecular weight is 973 g/mol. The number of carbonyl (C=O) groups is 4. The highest BCUT2D eigenvalue weighted by atomic mass is 32.2. The predicted octanol–water partition coefficient (Wildman–Crippen LogP) is 6.03. The van der Waals surface area contributed by atoms with Crippen molar-refractivity contribution in [2.75, 3.05) is 102 Å². The van der Waals surface area contributed by atoms with Crippen LogP contribution in [0.15, 0.2) is 84.9 Å². The summed E-state index contributed by atoms with van der Waals surface area (Å²) in [7, 11) is 2.18. The summed E-state index contributed by atoms with van der Waals surface area (Å²) in [6, 6.07) is 27.3. The lowest BCUT2D eigenvalue weighted by Gasteiger charge is -2.26. The van der Waals surface area contributed by atoms with Crippen molar-refractivity contribution in [3.05, 3.63) is 124 Å². The van der Waals surface area contributed by atoms with E-state index >= 15 is 0 Å². The molecule has 0 fully saturated rings. The number of fused-ring (bicyclic) bond motifs is 2. The molecule has 0 saturated heterocycles. The van der Waals surface area contributed by atoms with Crippen LogP contribution in [0.2, 0.25) is 0 Å². The first-order valence-corrected chi connectivity index (χ1v) is 25.1. The quantitative estimate of drug-likeness (QED) is 0.0318. The summed E-state index contributed by atoms with van der Waals surface area (Å²) >= 11 is 1.89. The third-order valence-electron chi connectivity index (χ3n) is 11.2. The number of nitrogens with zero attached hydrogens (tertiary/aromatic N) is 5. The first-order valence-electron chi connectivity index (χ1n) is 24.0. The molecule has 4 N–H and O–H groups in total. The van der Waals surface area contributed by atoms with Gasteiger partial charge in [-0.1, -0.05) is 61.0 Å². The molecular weight excluding hydrogens is 901 g/mol. The second kappa shape index (κ2) is 34.1. The van der Waals surface area contributed by atoms with Gasteiger partial charge >= 0.3 is 11.9 Å². The number of rotatable bonds is 33. The maximum atomic E-state index is 11.5. The van der Waals surface area contributed by atoms with Gasteiger partial charge in [-0.3, -0.25) is 14.6 Å². The van der Waals surface area contributed by atoms with Crippen LogP contribution in [-0.4, -0.2) is 157 Å². The molecule has 4 aromatic rings. The van der Waals surface area contributed by atoms with E-state index in [1.807, 2.05) is 16.7 Å². The van der Waals surface area contributed by atoms with Crippen LogP contribution in [0, 0.1) is 0 Å². The van der Waals surface area contributed by atoms with Crippen LogP contribution in [-0.2, 0) is 56.3 Å². The summed E-state index contributed by atoms with van der Waals surface area (Å²) in [4.78, 5) is 59.2. The Hall–Kier alpha value is -5.27. The number of hydrogen-bond acceptors (Lipinski definition) is 14. The highest BCUT2D eigenvalue weighted by molar-refractivity contribution is 7.99. The van der Waals surface area contributed by atoms with Gasteiger partial charge in [0.1, 0.15) is 17.7 Å². The number of aromatic nitrogens is 2. The number of amides is 1. The maximum Gasteiger partial charge on any atom is 0.354 e. The Morgan fingerprint density at radius 3 is 1.83 bits per heavy atom. The zero-order chi connectivity index (χ0) is 49.3. The van der Waals surface area contributed by atoms with Gasteiger partial charge in [0.05, 0.1) is 51.0 Å². The van der Waals surface area contributed by atoms with E-state index < -0.39 is 11.9 Å². The van der Waals surface area contributed by atoms with Crippen LogP contribution < -0.4 is 10.2 Å². The van der Waals surface area contributed by atoms with Gasteiger partial charge in [0.15, 0.2) is 0 Å².